The standard InChI is InChI=1S/C20H23N3O/c1-4-5-6-18(24)22-20-19(16-10-7-14(2)8-11-16)21-17-12-9-15(3)13-23(17)20/h7-13H,4-6H2,1-3H3,(H,22,24). The Hall–Kier alpha value is -2.62. The Labute approximate surface area is 142 Å². The van der Waals surface area contributed by atoms with Crippen molar-refractivity contribution < 1.29 is 4.79 Å². The second kappa shape index (κ2) is 6.87. The number of carbonyl (C=O) groups is 1. The molecule has 2 heterocycles. The van der Waals surface area contributed by atoms with Crippen LogP contribution < -0.4 is 5.32 Å². The number of pyridine rings is 1. The van der Waals surface area contributed by atoms with Gasteiger partial charge in [-0.1, -0.05) is 49.2 Å². The molecule has 4 nitrogen and oxygen atoms in total. The molecule has 0 unspecified atom stereocenters. The van der Waals surface area contributed by atoms with Crippen molar-refractivity contribution in [1.29, 1.82) is 0 Å². The Morgan fingerprint density at radius 1 is 1.08 bits per heavy atom. The Kier molecular flexibility index (Phi) is 4.65. The van der Waals surface area contributed by atoms with Crippen LogP contribution in [0.1, 0.15) is 37.3 Å². The molecule has 24 heavy (non-hydrogen) atoms. The molecule has 1 aromatic carbocycles. The summed E-state index contributed by atoms with van der Waals surface area (Å²) in [6, 6.07) is 12.2. The zero-order chi connectivity index (χ0) is 17.1. The third kappa shape index (κ3) is 3.32. The summed E-state index contributed by atoms with van der Waals surface area (Å²) in [5.41, 5.74) is 4.98. The maximum absolute atomic E-state index is 12.3. The van der Waals surface area contributed by atoms with Gasteiger partial charge in [-0.05, 0) is 31.9 Å². The fraction of sp³-hybridized carbons (Fsp3) is 0.300. The minimum atomic E-state index is 0.0357. The van der Waals surface area contributed by atoms with Gasteiger partial charge in [0.25, 0.3) is 0 Å². The van der Waals surface area contributed by atoms with Crippen molar-refractivity contribution in [3.8, 4) is 11.3 Å². The summed E-state index contributed by atoms with van der Waals surface area (Å²) in [7, 11) is 0. The lowest BCUT2D eigenvalue weighted by atomic mass is 10.1. The third-order valence-electron chi connectivity index (χ3n) is 4.11. The number of carbonyl (C=O) groups excluding carboxylic acids is 1. The van der Waals surface area contributed by atoms with Crippen molar-refractivity contribution in [2.75, 3.05) is 5.32 Å². The lowest BCUT2D eigenvalue weighted by Crippen LogP contribution is -2.13. The molecule has 2 aromatic heterocycles. The van der Waals surface area contributed by atoms with Crippen molar-refractivity contribution >= 4 is 17.4 Å². The summed E-state index contributed by atoms with van der Waals surface area (Å²) < 4.78 is 1.97. The highest BCUT2D eigenvalue weighted by Gasteiger charge is 2.16. The Morgan fingerprint density at radius 2 is 1.79 bits per heavy atom. The number of unbranched alkanes of at least 4 members (excludes halogenated alkanes) is 1. The number of hydrogen-bond donors (Lipinski definition) is 1. The van der Waals surface area contributed by atoms with E-state index in [9.17, 15) is 4.79 Å². The summed E-state index contributed by atoms with van der Waals surface area (Å²) in [4.78, 5) is 17.0. The Bertz CT molecular complexity index is 862. The van der Waals surface area contributed by atoms with Crippen LogP contribution in [0.25, 0.3) is 16.9 Å². The number of anilines is 1. The molecule has 0 aliphatic carbocycles. The molecule has 0 atom stereocenters. The average molecular weight is 321 g/mol. The SMILES string of the molecule is CCCCC(=O)Nc1c(-c2ccc(C)cc2)nc2ccc(C)cn12. The van der Waals surface area contributed by atoms with E-state index in [4.69, 9.17) is 4.98 Å². The van der Waals surface area contributed by atoms with Crippen LogP contribution in [0.5, 0.6) is 0 Å². The number of imidazole rings is 1. The van der Waals surface area contributed by atoms with Gasteiger partial charge >= 0.3 is 0 Å². The number of nitrogens with zero attached hydrogens (tertiary/aromatic N) is 2. The summed E-state index contributed by atoms with van der Waals surface area (Å²) in [5.74, 6) is 0.784. The first-order valence-electron chi connectivity index (χ1n) is 8.44. The highest BCUT2D eigenvalue weighted by molar-refractivity contribution is 5.94. The molecule has 3 rings (SSSR count). The lowest BCUT2D eigenvalue weighted by molar-refractivity contribution is -0.116. The van der Waals surface area contributed by atoms with Gasteiger partial charge in [-0.2, -0.15) is 0 Å². The number of benzene rings is 1. The van der Waals surface area contributed by atoms with Gasteiger partial charge in [0.1, 0.15) is 17.2 Å². The molecular formula is C20H23N3O. The Balaban J connectivity index is 2.08. The molecule has 3 aromatic rings. The normalized spacial score (nSPS) is 11.0. The van der Waals surface area contributed by atoms with Gasteiger partial charge in [-0.25, -0.2) is 4.98 Å². The minimum absolute atomic E-state index is 0.0357. The molecule has 0 spiro atoms. The predicted molar refractivity (Wildman–Crippen MR) is 98.3 cm³/mol. The summed E-state index contributed by atoms with van der Waals surface area (Å²) in [5, 5.41) is 3.07. The monoisotopic (exact) mass is 321 g/mol. The molecule has 0 saturated heterocycles. The zero-order valence-electron chi connectivity index (χ0n) is 14.5. The van der Waals surface area contributed by atoms with E-state index in [1.54, 1.807) is 0 Å². The first kappa shape index (κ1) is 16.2. The molecule has 0 aliphatic heterocycles. The van der Waals surface area contributed by atoms with Gasteiger partial charge in [-0.15, -0.1) is 0 Å². The van der Waals surface area contributed by atoms with Crippen LogP contribution in [0.15, 0.2) is 42.6 Å². The predicted octanol–water partition coefficient (Wildman–Crippen LogP) is 4.75. The van der Waals surface area contributed by atoms with Crippen LogP contribution in [0.3, 0.4) is 0 Å². The van der Waals surface area contributed by atoms with Crippen LogP contribution >= 0.6 is 0 Å². The molecule has 0 bridgehead atoms. The minimum Gasteiger partial charge on any atom is -0.310 e. The number of rotatable bonds is 5. The largest absolute Gasteiger partial charge is 0.310 e. The second-order valence-electron chi connectivity index (χ2n) is 6.26. The van der Waals surface area contributed by atoms with Crippen LogP contribution in [0.4, 0.5) is 5.82 Å². The van der Waals surface area contributed by atoms with Crippen LogP contribution in [0, 0.1) is 13.8 Å². The van der Waals surface area contributed by atoms with Crippen LogP contribution in [-0.4, -0.2) is 15.3 Å². The fourth-order valence-electron chi connectivity index (χ4n) is 2.71. The van der Waals surface area contributed by atoms with E-state index in [-0.39, 0.29) is 5.91 Å². The summed E-state index contributed by atoms with van der Waals surface area (Å²) in [6.45, 7) is 6.18. The molecule has 124 valence electrons. The third-order valence-corrected chi connectivity index (χ3v) is 4.11. The van der Waals surface area contributed by atoms with E-state index in [1.807, 2.05) is 41.8 Å². The number of aryl methyl sites for hydroxylation is 2. The van der Waals surface area contributed by atoms with E-state index in [0.29, 0.717) is 6.42 Å². The van der Waals surface area contributed by atoms with E-state index < -0.39 is 0 Å². The zero-order valence-corrected chi connectivity index (χ0v) is 14.5. The molecule has 0 radical (unpaired) electrons. The van der Waals surface area contributed by atoms with Gasteiger partial charge in [0.05, 0.1) is 0 Å². The molecule has 0 saturated carbocycles. The topological polar surface area (TPSA) is 46.4 Å². The number of amides is 1. The number of nitrogens with one attached hydrogen (secondary N) is 1. The molecule has 0 fully saturated rings. The van der Waals surface area contributed by atoms with E-state index in [0.717, 1.165) is 41.1 Å². The van der Waals surface area contributed by atoms with E-state index in [1.165, 1.54) is 5.56 Å². The number of aromatic nitrogens is 2. The quantitative estimate of drug-likeness (QED) is 0.737. The highest BCUT2D eigenvalue weighted by Crippen LogP contribution is 2.29. The van der Waals surface area contributed by atoms with Crippen molar-refractivity contribution in [3.63, 3.8) is 0 Å². The van der Waals surface area contributed by atoms with Crippen molar-refractivity contribution in [1.82, 2.24) is 9.38 Å². The first-order valence-corrected chi connectivity index (χ1v) is 8.44. The van der Waals surface area contributed by atoms with Gasteiger partial charge < -0.3 is 5.32 Å². The smallest absolute Gasteiger partial charge is 0.225 e. The highest BCUT2D eigenvalue weighted by atomic mass is 16.1. The molecule has 0 aliphatic rings. The van der Waals surface area contributed by atoms with Gasteiger partial charge in [0.2, 0.25) is 5.91 Å². The molecular weight excluding hydrogens is 298 g/mol. The lowest BCUT2D eigenvalue weighted by Gasteiger charge is -2.08. The molecule has 1 N–H and O–H groups in total. The second-order valence-corrected chi connectivity index (χ2v) is 6.26. The van der Waals surface area contributed by atoms with Gasteiger partial charge in [0, 0.05) is 18.2 Å². The van der Waals surface area contributed by atoms with Gasteiger partial charge in [0.15, 0.2) is 0 Å². The van der Waals surface area contributed by atoms with Crippen LogP contribution in [-0.2, 0) is 4.79 Å². The van der Waals surface area contributed by atoms with Crippen molar-refractivity contribution in [2.45, 2.75) is 40.0 Å². The molecule has 1 amide bonds. The summed E-state index contributed by atoms with van der Waals surface area (Å²) >= 11 is 0. The van der Waals surface area contributed by atoms with Crippen LogP contribution in [0.2, 0.25) is 0 Å². The van der Waals surface area contributed by atoms with Crippen molar-refractivity contribution in [3.05, 3.63) is 53.7 Å². The average Bonchev–Trinajstić information content (AvgIpc) is 2.91. The number of fused-ring (bicyclic) bond motifs is 1. The van der Waals surface area contributed by atoms with E-state index >= 15 is 0 Å². The fourth-order valence-corrected chi connectivity index (χ4v) is 2.71. The first-order chi connectivity index (χ1) is 11.6. The van der Waals surface area contributed by atoms with E-state index in [2.05, 4.69) is 31.3 Å². The molecule has 4 heteroatoms. The van der Waals surface area contributed by atoms with Gasteiger partial charge in [-0.3, -0.25) is 9.20 Å². The maximum atomic E-state index is 12.3. The maximum Gasteiger partial charge on any atom is 0.225 e. The van der Waals surface area contributed by atoms with Crippen molar-refractivity contribution in [2.24, 2.45) is 0 Å². The number of hydrogen-bond acceptors (Lipinski definition) is 2. The summed E-state index contributed by atoms with van der Waals surface area (Å²) in [6.07, 6.45) is 4.43. The Morgan fingerprint density at radius 3 is 2.50 bits per heavy atom.